The van der Waals surface area contributed by atoms with Crippen molar-refractivity contribution >= 4 is 46.4 Å². The van der Waals surface area contributed by atoms with Crippen molar-refractivity contribution in [3.8, 4) is 0 Å². The Morgan fingerprint density at radius 3 is 2.67 bits per heavy atom. The van der Waals surface area contributed by atoms with Gasteiger partial charge in [0.15, 0.2) is 0 Å². The van der Waals surface area contributed by atoms with E-state index in [-0.39, 0.29) is 5.91 Å². The smallest absolute Gasteiger partial charge is 0.224 e. The first-order valence-electron chi connectivity index (χ1n) is 4.44. The molecule has 0 radical (unpaired) electrons. The van der Waals surface area contributed by atoms with E-state index >= 15 is 0 Å². The minimum Gasteiger partial charge on any atom is -0.325 e. The molecule has 0 atom stereocenters. The molecule has 5 heteroatoms. The normalized spacial score (nSPS) is 10.1. The number of halogens is 3. The van der Waals surface area contributed by atoms with Crippen LogP contribution >= 0.6 is 34.8 Å². The monoisotopic (exact) mass is 265 g/mol. The molecule has 15 heavy (non-hydrogen) atoms. The molecule has 0 saturated heterocycles. The van der Waals surface area contributed by atoms with Gasteiger partial charge in [-0.15, -0.1) is 11.6 Å². The standard InChI is InChI=1S/C10H10Cl3NO/c11-5-1-2-10(15)14-9-4-3-7(12)6-8(9)13/h3-4,6H,1-2,5H2,(H,14,15). The molecular weight excluding hydrogens is 256 g/mol. The molecular formula is C10H10Cl3NO. The van der Waals surface area contributed by atoms with Crippen LogP contribution in [0.5, 0.6) is 0 Å². The Balaban J connectivity index is 2.60. The fourth-order valence-electron chi connectivity index (χ4n) is 1.03. The fourth-order valence-corrected chi connectivity index (χ4v) is 1.62. The Bertz CT molecular complexity index is 355. The van der Waals surface area contributed by atoms with Gasteiger partial charge in [-0.1, -0.05) is 23.2 Å². The highest BCUT2D eigenvalue weighted by Crippen LogP contribution is 2.25. The zero-order valence-corrected chi connectivity index (χ0v) is 10.2. The first-order chi connectivity index (χ1) is 7.13. The average Bonchev–Trinajstić information content (AvgIpc) is 2.19. The second kappa shape index (κ2) is 6.21. The van der Waals surface area contributed by atoms with E-state index in [0.717, 1.165) is 0 Å². The number of hydrogen-bond acceptors (Lipinski definition) is 1. The predicted molar refractivity (Wildman–Crippen MR) is 65.0 cm³/mol. The van der Waals surface area contributed by atoms with Gasteiger partial charge >= 0.3 is 0 Å². The van der Waals surface area contributed by atoms with Crippen LogP contribution in [0.2, 0.25) is 10.0 Å². The van der Waals surface area contributed by atoms with Crippen LogP contribution in [-0.2, 0) is 4.79 Å². The van der Waals surface area contributed by atoms with Gasteiger partial charge in [0.25, 0.3) is 0 Å². The zero-order valence-electron chi connectivity index (χ0n) is 7.90. The third-order valence-electron chi connectivity index (χ3n) is 1.74. The predicted octanol–water partition coefficient (Wildman–Crippen LogP) is 3.95. The van der Waals surface area contributed by atoms with Crippen LogP contribution in [0.1, 0.15) is 12.8 Å². The van der Waals surface area contributed by atoms with E-state index in [1.807, 2.05) is 0 Å². The molecule has 0 bridgehead atoms. The summed E-state index contributed by atoms with van der Waals surface area (Å²) in [7, 11) is 0. The largest absolute Gasteiger partial charge is 0.325 e. The summed E-state index contributed by atoms with van der Waals surface area (Å²) in [6.45, 7) is 0. The van der Waals surface area contributed by atoms with Crippen molar-refractivity contribution in [1.82, 2.24) is 0 Å². The molecule has 1 aromatic rings. The second-order valence-electron chi connectivity index (χ2n) is 2.96. The minimum absolute atomic E-state index is 0.0973. The van der Waals surface area contributed by atoms with Crippen molar-refractivity contribution in [2.45, 2.75) is 12.8 Å². The van der Waals surface area contributed by atoms with Gasteiger partial charge in [0.1, 0.15) is 0 Å². The van der Waals surface area contributed by atoms with Crippen LogP contribution in [-0.4, -0.2) is 11.8 Å². The topological polar surface area (TPSA) is 29.1 Å². The number of hydrogen-bond donors (Lipinski definition) is 1. The van der Waals surface area contributed by atoms with Gasteiger partial charge in [0, 0.05) is 17.3 Å². The highest BCUT2D eigenvalue weighted by Gasteiger charge is 2.05. The molecule has 82 valence electrons. The third-order valence-corrected chi connectivity index (χ3v) is 2.56. The lowest BCUT2D eigenvalue weighted by Crippen LogP contribution is -2.11. The Labute approximate surface area is 104 Å². The summed E-state index contributed by atoms with van der Waals surface area (Å²) in [5.41, 5.74) is 0.570. The molecule has 0 aliphatic heterocycles. The summed E-state index contributed by atoms with van der Waals surface area (Å²) >= 11 is 17.1. The van der Waals surface area contributed by atoms with Crippen molar-refractivity contribution in [2.75, 3.05) is 11.2 Å². The van der Waals surface area contributed by atoms with E-state index in [4.69, 9.17) is 34.8 Å². The molecule has 1 rings (SSSR count). The summed E-state index contributed by atoms with van der Waals surface area (Å²) in [6, 6.07) is 4.92. The van der Waals surface area contributed by atoms with Crippen LogP contribution in [0.15, 0.2) is 18.2 Å². The molecule has 0 aliphatic carbocycles. The summed E-state index contributed by atoms with van der Waals surface area (Å²) in [5.74, 6) is 0.377. The highest BCUT2D eigenvalue weighted by molar-refractivity contribution is 6.36. The number of carbonyl (C=O) groups is 1. The van der Waals surface area contributed by atoms with Gasteiger partial charge in [-0.2, -0.15) is 0 Å². The van der Waals surface area contributed by atoms with E-state index in [2.05, 4.69) is 5.32 Å². The molecule has 0 saturated carbocycles. The molecule has 0 aliphatic rings. The van der Waals surface area contributed by atoms with Crippen molar-refractivity contribution in [2.24, 2.45) is 0 Å². The second-order valence-corrected chi connectivity index (χ2v) is 4.19. The number of benzene rings is 1. The van der Waals surface area contributed by atoms with Crippen LogP contribution in [0, 0.1) is 0 Å². The Hall–Kier alpha value is -0.440. The first kappa shape index (κ1) is 12.6. The van der Waals surface area contributed by atoms with Gasteiger partial charge in [-0.25, -0.2) is 0 Å². The fraction of sp³-hybridized carbons (Fsp3) is 0.300. The van der Waals surface area contributed by atoms with Crippen LogP contribution in [0.25, 0.3) is 0 Å². The van der Waals surface area contributed by atoms with E-state index < -0.39 is 0 Å². The van der Waals surface area contributed by atoms with Crippen molar-refractivity contribution in [3.05, 3.63) is 28.2 Å². The molecule has 1 amide bonds. The number of carbonyl (C=O) groups excluding carboxylic acids is 1. The maximum atomic E-state index is 11.3. The van der Waals surface area contributed by atoms with Crippen LogP contribution in [0.4, 0.5) is 5.69 Å². The lowest BCUT2D eigenvalue weighted by molar-refractivity contribution is -0.116. The Kier molecular flexibility index (Phi) is 5.23. The summed E-state index contributed by atoms with van der Waals surface area (Å²) in [5, 5.41) is 3.66. The molecule has 0 unspecified atom stereocenters. The zero-order chi connectivity index (χ0) is 11.3. The van der Waals surface area contributed by atoms with Gasteiger partial charge in [0.2, 0.25) is 5.91 Å². The van der Waals surface area contributed by atoms with E-state index in [9.17, 15) is 4.79 Å². The van der Waals surface area contributed by atoms with Gasteiger partial charge in [-0.3, -0.25) is 4.79 Å². The van der Waals surface area contributed by atoms with Crippen LogP contribution < -0.4 is 5.32 Å². The van der Waals surface area contributed by atoms with Crippen LogP contribution in [0.3, 0.4) is 0 Å². The molecule has 0 spiro atoms. The van der Waals surface area contributed by atoms with Crippen molar-refractivity contribution in [3.63, 3.8) is 0 Å². The van der Waals surface area contributed by atoms with E-state index in [1.54, 1.807) is 18.2 Å². The first-order valence-corrected chi connectivity index (χ1v) is 5.73. The number of amides is 1. The molecule has 1 aromatic carbocycles. The number of nitrogens with one attached hydrogen (secondary N) is 1. The highest BCUT2D eigenvalue weighted by atomic mass is 35.5. The number of alkyl halides is 1. The lowest BCUT2D eigenvalue weighted by Gasteiger charge is -2.06. The van der Waals surface area contributed by atoms with Gasteiger partial charge < -0.3 is 5.32 Å². The lowest BCUT2D eigenvalue weighted by atomic mass is 10.3. The van der Waals surface area contributed by atoms with Crippen molar-refractivity contribution in [1.29, 1.82) is 0 Å². The maximum absolute atomic E-state index is 11.3. The van der Waals surface area contributed by atoms with E-state index in [0.29, 0.717) is 34.5 Å². The van der Waals surface area contributed by atoms with Gasteiger partial charge in [0.05, 0.1) is 10.7 Å². The van der Waals surface area contributed by atoms with Gasteiger partial charge in [-0.05, 0) is 24.6 Å². The maximum Gasteiger partial charge on any atom is 0.224 e. The Morgan fingerprint density at radius 1 is 1.33 bits per heavy atom. The summed E-state index contributed by atoms with van der Waals surface area (Å²) < 4.78 is 0. The summed E-state index contributed by atoms with van der Waals surface area (Å²) in [6.07, 6.45) is 1.04. The number of anilines is 1. The van der Waals surface area contributed by atoms with Crippen molar-refractivity contribution < 1.29 is 4.79 Å². The molecule has 1 N–H and O–H groups in total. The average molecular weight is 267 g/mol. The quantitative estimate of drug-likeness (QED) is 0.822. The number of rotatable bonds is 4. The SMILES string of the molecule is O=C(CCCCl)Nc1ccc(Cl)cc1Cl. The minimum atomic E-state index is -0.0973. The third kappa shape index (κ3) is 4.29. The molecule has 2 nitrogen and oxygen atoms in total. The molecule has 0 aromatic heterocycles. The summed E-state index contributed by atoms with van der Waals surface area (Å²) in [4.78, 5) is 11.3. The molecule has 0 fully saturated rings. The Morgan fingerprint density at radius 2 is 2.07 bits per heavy atom. The molecule has 0 heterocycles. The van der Waals surface area contributed by atoms with E-state index in [1.165, 1.54) is 0 Å².